The van der Waals surface area contributed by atoms with Gasteiger partial charge in [-0.2, -0.15) is 0 Å². The van der Waals surface area contributed by atoms with E-state index in [-0.39, 0.29) is 17.1 Å². The molecule has 0 aliphatic carbocycles. The molecule has 0 saturated carbocycles. The lowest BCUT2D eigenvalue weighted by Crippen LogP contribution is -2.00. The highest BCUT2D eigenvalue weighted by atomic mass is 19.1. The molecule has 3 aromatic rings. The van der Waals surface area contributed by atoms with Crippen LogP contribution in [0.25, 0.3) is 12.2 Å². The van der Waals surface area contributed by atoms with Gasteiger partial charge in [0.15, 0.2) is 40.4 Å². The Morgan fingerprint density at radius 2 is 1.35 bits per heavy atom. The van der Waals surface area contributed by atoms with Crippen LogP contribution in [-0.2, 0) is 0 Å². The molecule has 0 radical (unpaired) electrons. The van der Waals surface area contributed by atoms with Crippen LogP contribution in [0.15, 0.2) is 54.7 Å². The zero-order valence-electron chi connectivity index (χ0n) is 21.1. The number of ketones is 1. The van der Waals surface area contributed by atoms with Gasteiger partial charge in [0.05, 0.1) is 35.5 Å². The van der Waals surface area contributed by atoms with Crippen molar-refractivity contribution in [2.45, 2.75) is 0 Å². The molecule has 0 unspecified atom stereocenters. The Morgan fingerprint density at radius 1 is 0.730 bits per heavy atom. The number of halogens is 2. The second-order valence-corrected chi connectivity index (χ2v) is 7.56. The monoisotopic (exact) mass is 511 g/mol. The van der Waals surface area contributed by atoms with Gasteiger partial charge in [0, 0.05) is 35.2 Å². The predicted molar refractivity (Wildman–Crippen MR) is 138 cm³/mol. The second kappa shape index (κ2) is 12.4. The van der Waals surface area contributed by atoms with Crippen molar-refractivity contribution in [3.05, 3.63) is 83.1 Å². The van der Waals surface area contributed by atoms with Crippen LogP contribution in [-0.4, -0.2) is 41.3 Å². The van der Waals surface area contributed by atoms with Gasteiger partial charge in [-0.3, -0.25) is 4.79 Å². The van der Waals surface area contributed by atoms with E-state index in [2.05, 4.69) is 5.32 Å². The number of carbonyl (C=O) groups is 1. The van der Waals surface area contributed by atoms with E-state index in [1.165, 1.54) is 72.1 Å². The maximum absolute atomic E-state index is 14.5. The van der Waals surface area contributed by atoms with Crippen LogP contribution in [0.2, 0.25) is 0 Å². The summed E-state index contributed by atoms with van der Waals surface area (Å²) in [6.07, 6.45) is 6.05. The average Bonchev–Trinajstić information content (AvgIpc) is 2.91. The molecule has 37 heavy (non-hydrogen) atoms. The van der Waals surface area contributed by atoms with Gasteiger partial charge in [-0.1, -0.05) is 12.2 Å². The average molecular weight is 512 g/mol. The standard InChI is InChI=1S/C28H27F2NO6/c1-33-24-9-8-19(15-20(24)29)23(32)10-11-31-22-16-25(34-2)21(30)14-18(22)7-6-17-12-26(35-3)28(37-5)27(13-17)36-4/h6-16,31H,1-5H3. The van der Waals surface area contributed by atoms with E-state index in [1.54, 1.807) is 24.3 Å². The van der Waals surface area contributed by atoms with Crippen molar-refractivity contribution in [2.24, 2.45) is 0 Å². The third-order valence-electron chi connectivity index (χ3n) is 5.38. The zero-order chi connectivity index (χ0) is 26.9. The van der Waals surface area contributed by atoms with Crippen LogP contribution in [0, 0.1) is 11.6 Å². The molecule has 0 aliphatic heterocycles. The first-order valence-electron chi connectivity index (χ1n) is 11.0. The predicted octanol–water partition coefficient (Wildman–Crippen LogP) is 5.99. The summed E-state index contributed by atoms with van der Waals surface area (Å²) >= 11 is 0. The van der Waals surface area contributed by atoms with E-state index in [4.69, 9.17) is 23.7 Å². The Morgan fingerprint density at radius 3 is 1.92 bits per heavy atom. The van der Waals surface area contributed by atoms with Crippen molar-refractivity contribution in [3.63, 3.8) is 0 Å². The van der Waals surface area contributed by atoms with Crippen molar-refractivity contribution < 1.29 is 37.3 Å². The quantitative estimate of drug-likeness (QED) is 0.193. The number of nitrogens with one attached hydrogen (secondary N) is 1. The normalized spacial score (nSPS) is 11.0. The molecule has 0 bridgehead atoms. The number of methoxy groups -OCH3 is 5. The van der Waals surface area contributed by atoms with E-state index < -0.39 is 17.4 Å². The van der Waals surface area contributed by atoms with Gasteiger partial charge < -0.3 is 29.0 Å². The summed E-state index contributed by atoms with van der Waals surface area (Å²) < 4.78 is 54.5. The zero-order valence-corrected chi connectivity index (χ0v) is 21.1. The lowest BCUT2D eigenvalue weighted by atomic mass is 10.1. The summed E-state index contributed by atoms with van der Waals surface area (Å²) in [6, 6.07) is 10.2. The summed E-state index contributed by atoms with van der Waals surface area (Å²) in [5.41, 5.74) is 1.80. The first-order chi connectivity index (χ1) is 17.8. The highest BCUT2D eigenvalue weighted by Gasteiger charge is 2.13. The SMILES string of the molecule is COc1ccc(C(=O)C=CNc2cc(OC)c(F)cc2C=Cc2cc(OC)c(OC)c(OC)c2)cc1F. The highest BCUT2D eigenvalue weighted by Crippen LogP contribution is 2.39. The summed E-state index contributed by atoms with van der Waals surface area (Å²) in [5.74, 6) is -0.188. The fourth-order valence-corrected chi connectivity index (χ4v) is 3.49. The van der Waals surface area contributed by atoms with Gasteiger partial charge in [0.25, 0.3) is 0 Å². The van der Waals surface area contributed by atoms with E-state index >= 15 is 0 Å². The molecule has 0 saturated heterocycles. The Balaban J connectivity index is 1.89. The first-order valence-corrected chi connectivity index (χ1v) is 11.0. The van der Waals surface area contributed by atoms with E-state index in [1.807, 2.05) is 0 Å². The number of hydrogen-bond donors (Lipinski definition) is 1. The molecule has 9 heteroatoms. The molecule has 0 atom stereocenters. The van der Waals surface area contributed by atoms with Crippen molar-refractivity contribution >= 4 is 23.6 Å². The number of benzene rings is 3. The fraction of sp³-hybridized carbons (Fsp3) is 0.179. The molecule has 0 aliphatic rings. The number of ether oxygens (including phenoxy) is 5. The van der Waals surface area contributed by atoms with Gasteiger partial charge >= 0.3 is 0 Å². The topological polar surface area (TPSA) is 75.3 Å². The first kappa shape index (κ1) is 27.1. The third kappa shape index (κ3) is 6.38. The second-order valence-electron chi connectivity index (χ2n) is 7.56. The van der Waals surface area contributed by atoms with Gasteiger partial charge in [-0.05, 0) is 42.0 Å². The Kier molecular flexibility index (Phi) is 9.10. The van der Waals surface area contributed by atoms with Crippen molar-refractivity contribution in [2.75, 3.05) is 40.9 Å². The van der Waals surface area contributed by atoms with Crippen molar-refractivity contribution in [1.82, 2.24) is 0 Å². The summed E-state index contributed by atoms with van der Waals surface area (Å²) in [6.45, 7) is 0. The Labute approximate surface area is 213 Å². The molecule has 1 N–H and O–H groups in total. The van der Waals surface area contributed by atoms with Crippen LogP contribution in [0.5, 0.6) is 28.7 Å². The van der Waals surface area contributed by atoms with Gasteiger partial charge in [0.2, 0.25) is 5.75 Å². The molecule has 0 fully saturated rings. The fourth-order valence-electron chi connectivity index (χ4n) is 3.49. The molecule has 0 aromatic heterocycles. The summed E-state index contributed by atoms with van der Waals surface area (Å²) in [4.78, 5) is 12.5. The smallest absolute Gasteiger partial charge is 0.203 e. The third-order valence-corrected chi connectivity index (χ3v) is 5.38. The molecule has 194 valence electrons. The van der Waals surface area contributed by atoms with Crippen LogP contribution in [0.4, 0.5) is 14.5 Å². The lowest BCUT2D eigenvalue weighted by molar-refractivity contribution is 0.104. The Bertz CT molecular complexity index is 1310. The van der Waals surface area contributed by atoms with E-state index in [9.17, 15) is 13.6 Å². The molecule has 3 rings (SSSR count). The van der Waals surface area contributed by atoms with E-state index in [0.29, 0.717) is 34.1 Å². The number of hydrogen-bond acceptors (Lipinski definition) is 7. The van der Waals surface area contributed by atoms with Crippen molar-refractivity contribution in [3.8, 4) is 28.7 Å². The molecule has 3 aromatic carbocycles. The summed E-state index contributed by atoms with van der Waals surface area (Å²) in [5, 5.41) is 2.97. The minimum Gasteiger partial charge on any atom is -0.494 e. The molecular formula is C28H27F2NO6. The minimum absolute atomic E-state index is 0.0180. The van der Waals surface area contributed by atoms with Gasteiger partial charge in [-0.25, -0.2) is 8.78 Å². The number of allylic oxidation sites excluding steroid dienone is 1. The van der Waals surface area contributed by atoms with E-state index in [0.717, 1.165) is 6.07 Å². The maximum atomic E-state index is 14.5. The summed E-state index contributed by atoms with van der Waals surface area (Å²) in [7, 11) is 7.23. The maximum Gasteiger partial charge on any atom is 0.203 e. The largest absolute Gasteiger partial charge is 0.494 e. The number of anilines is 1. The van der Waals surface area contributed by atoms with Crippen LogP contribution in [0.3, 0.4) is 0 Å². The minimum atomic E-state index is -0.641. The highest BCUT2D eigenvalue weighted by molar-refractivity contribution is 6.04. The van der Waals surface area contributed by atoms with Crippen molar-refractivity contribution in [1.29, 1.82) is 0 Å². The molecular weight excluding hydrogens is 484 g/mol. The molecule has 0 spiro atoms. The van der Waals surface area contributed by atoms with Crippen LogP contribution < -0.4 is 29.0 Å². The molecule has 0 amide bonds. The van der Waals surface area contributed by atoms with Crippen LogP contribution in [0.1, 0.15) is 21.5 Å². The number of rotatable bonds is 11. The molecule has 7 nitrogen and oxygen atoms in total. The van der Waals surface area contributed by atoms with Gasteiger partial charge in [-0.15, -0.1) is 0 Å². The lowest BCUT2D eigenvalue weighted by Gasteiger charge is -2.13. The Hall–Kier alpha value is -4.53. The number of carbonyl (C=O) groups excluding carboxylic acids is 1. The van der Waals surface area contributed by atoms with Gasteiger partial charge in [0.1, 0.15) is 0 Å². The molecule has 0 heterocycles. The van der Waals surface area contributed by atoms with Crippen LogP contribution >= 0.6 is 0 Å².